The molecule has 0 aromatic heterocycles. The summed E-state index contributed by atoms with van der Waals surface area (Å²) in [6.07, 6.45) is 0. The summed E-state index contributed by atoms with van der Waals surface area (Å²) in [5, 5.41) is 0. The lowest BCUT2D eigenvalue weighted by Crippen LogP contribution is -2.31. The molecule has 0 saturated carbocycles. The molecule has 0 amide bonds. The fourth-order valence-corrected chi connectivity index (χ4v) is 4.21. The third-order valence-electron chi connectivity index (χ3n) is 5.94. The Morgan fingerprint density at radius 3 is 0.606 bits per heavy atom. The summed E-state index contributed by atoms with van der Waals surface area (Å²) in [5.74, 6) is 0. The number of rotatable bonds is 4. The van der Waals surface area contributed by atoms with Gasteiger partial charge < -0.3 is 0 Å². The molecule has 0 saturated heterocycles. The Balaban J connectivity index is 0.000000914. The van der Waals surface area contributed by atoms with Crippen LogP contribution in [0.4, 0.5) is 0 Å². The summed E-state index contributed by atoms with van der Waals surface area (Å²) >= 11 is 0. The predicted octanol–water partition coefficient (Wildman–Crippen LogP) is 9.36. The van der Waals surface area contributed by atoms with E-state index < -0.39 is 0 Å². The van der Waals surface area contributed by atoms with E-state index in [0.717, 1.165) is 0 Å². The van der Waals surface area contributed by atoms with Crippen molar-refractivity contribution in [3.8, 4) is 0 Å². The zero-order chi connectivity index (χ0) is 24.4. The molecule has 0 heteroatoms. The van der Waals surface area contributed by atoms with E-state index >= 15 is 0 Å². The molecule has 0 fully saturated rings. The summed E-state index contributed by atoms with van der Waals surface area (Å²) < 4.78 is 0. The molecular weight excluding hydrogens is 396 g/mol. The molecule has 0 aliphatic heterocycles. The first-order valence-corrected chi connectivity index (χ1v) is 12.3. The zero-order valence-corrected chi connectivity index (χ0v) is 21.7. The van der Waals surface area contributed by atoms with Crippen molar-refractivity contribution in [2.75, 3.05) is 0 Å². The lowest BCUT2D eigenvalue weighted by Gasteiger charge is -2.37. The van der Waals surface area contributed by atoms with E-state index in [1.165, 1.54) is 44.5 Å². The van der Waals surface area contributed by atoms with E-state index in [4.69, 9.17) is 0 Å². The molecule has 4 rings (SSSR count). The summed E-state index contributed by atoms with van der Waals surface area (Å²) in [4.78, 5) is 0. The van der Waals surface area contributed by atoms with Crippen LogP contribution in [-0.4, -0.2) is 0 Å². The van der Waals surface area contributed by atoms with Gasteiger partial charge in [0, 0.05) is 0 Å². The Hall–Kier alpha value is -3.12. The molecule has 0 bridgehead atoms. The highest BCUT2D eigenvalue weighted by atomic mass is 14.4. The van der Waals surface area contributed by atoms with Crippen LogP contribution < -0.4 is 0 Å². The highest BCUT2D eigenvalue weighted by molar-refractivity contribution is 5.60. The van der Waals surface area contributed by atoms with Crippen LogP contribution in [0.25, 0.3) is 0 Å². The molecule has 0 nitrogen and oxygen atoms in total. The molecule has 4 aromatic rings. The van der Waals surface area contributed by atoms with Crippen LogP contribution in [0, 0.1) is 27.7 Å². The third-order valence-corrected chi connectivity index (χ3v) is 5.94. The Morgan fingerprint density at radius 1 is 0.303 bits per heavy atom. The molecule has 4 aromatic carbocycles. The third kappa shape index (κ3) is 5.63. The van der Waals surface area contributed by atoms with Gasteiger partial charge in [0.05, 0.1) is 5.41 Å². The first-order chi connectivity index (χ1) is 16.0. The standard InChI is InChI=1S/C29H28.2C2H6/c1-21-5-13-25(14-6-21)29(26-15-7-22(2)8-16-26,27-17-9-23(3)10-18-27)28-19-11-24(4)12-20-28;2*1-2/h5-20H,1-4H3;2*1-2H3. The van der Waals surface area contributed by atoms with E-state index in [2.05, 4.69) is 125 Å². The highest BCUT2D eigenvalue weighted by Crippen LogP contribution is 2.45. The van der Waals surface area contributed by atoms with Crippen molar-refractivity contribution in [3.63, 3.8) is 0 Å². The van der Waals surface area contributed by atoms with Gasteiger partial charge in [-0.15, -0.1) is 0 Å². The van der Waals surface area contributed by atoms with Gasteiger partial charge in [-0.05, 0) is 49.9 Å². The molecule has 172 valence electrons. The minimum absolute atomic E-state index is 0.358. The van der Waals surface area contributed by atoms with Gasteiger partial charge in [-0.1, -0.05) is 147 Å². The van der Waals surface area contributed by atoms with Gasteiger partial charge in [-0.3, -0.25) is 0 Å². The second-order valence-electron chi connectivity index (χ2n) is 8.21. The monoisotopic (exact) mass is 436 g/mol. The summed E-state index contributed by atoms with van der Waals surface area (Å²) in [6, 6.07) is 36.1. The smallest absolute Gasteiger partial charge is 0.0683 e. The maximum atomic E-state index is 2.29. The van der Waals surface area contributed by atoms with Crippen LogP contribution in [0.3, 0.4) is 0 Å². The number of hydrogen-bond donors (Lipinski definition) is 0. The van der Waals surface area contributed by atoms with Crippen molar-refractivity contribution in [1.29, 1.82) is 0 Å². The Kier molecular flexibility index (Phi) is 9.67. The van der Waals surface area contributed by atoms with Crippen LogP contribution in [0.5, 0.6) is 0 Å². The Labute approximate surface area is 202 Å². The van der Waals surface area contributed by atoms with Gasteiger partial charge >= 0.3 is 0 Å². The van der Waals surface area contributed by atoms with Crippen molar-refractivity contribution in [3.05, 3.63) is 142 Å². The molecule has 0 N–H and O–H groups in total. The average Bonchev–Trinajstić information content (AvgIpc) is 2.86. The second-order valence-corrected chi connectivity index (χ2v) is 8.21. The summed E-state index contributed by atoms with van der Waals surface area (Å²) in [7, 11) is 0. The quantitative estimate of drug-likeness (QED) is 0.279. The Morgan fingerprint density at radius 2 is 0.455 bits per heavy atom. The molecule has 0 aliphatic rings. The molecule has 0 spiro atoms. The van der Waals surface area contributed by atoms with Gasteiger partial charge in [0.2, 0.25) is 0 Å². The molecule has 0 unspecified atom stereocenters. The van der Waals surface area contributed by atoms with Crippen molar-refractivity contribution in [1.82, 2.24) is 0 Å². The van der Waals surface area contributed by atoms with Crippen LogP contribution in [0.2, 0.25) is 0 Å². The van der Waals surface area contributed by atoms with Crippen LogP contribution in [0.1, 0.15) is 72.2 Å². The maximum absolute atomic E-state index is 2.29. The topological polar surface area (TPSA) is 0 Å². The van der Waals surface area contributed by atoms with Crippen LogP contribution in [0.15, 0.2) is 97.1 Å². The van der Waals surface area contributed by atoms with Crippen LogP contribution >= 0.6 is 0 Å². The lowest BCUT2D eigenvalue weighted by atomic mass is 9.65. The fraction of sp³-hybridized carbons (Fsp3) is 0.273. The second kappa shape index (κ2) is 12.2. The SMILES string of the molecule is CC.CC.Cc1ccc(C(c2ccc(C)cc2)(c2ccc(C)cc2)c2ccc(C)cc2)cc1. The Bertz CT molecular complexity index is 893. The first kappa shape index (κ1) is 26.1. The lowest BCUT2D eigenvalue weighted by molar-refractivity contribution is 0.743. The molecule has 0 aliphatic carbocycles. The zero-order valence-electron chi connectivity index (χ0n) is 21.7. The van der Waals surface area contributed by atoms with Gasteiger partial charge in [0.15, 0.2) is 0 Å². The van der Waals surface area contributed by atoms with Gasteiger partial charge in [-0.2, -0.15) is 0 Å². The van der Waals surface area contributed by atoms with Crippen molar-refractivity contribution >= 4 is 0 Å². The highest BCUT2D eigenvalue weighted by Gasteiger charge is 2.38. The fourth-order valence-electron chi connectivity index (χ4n) is 4.21. The van der Waals surface area contributed by atoms with Gasteiger partial charge in [0.1, 0.15) is 0 Å². The first-order valence-electron chi connectivity index (χ1n) is 12.3. The van der Waals surface area contributed by atoms with E-state index in [1.807, 2.05) is 27.7 Å². The number of benzene rings is 4. The minimum Gasteiger partial charge on any atom is -0.0683 e. The molecular formula is C33H40. The van der Waals surface area contributed by atoms with Crippen molar-refractivity contribution in [2.45, 2.75) is 60.8 Å². The van der Waals surface area contributed by atoms with E-state index in [0.29, 0.717) is 0 Å². The number of hydrogen-bond acceptors (Lipinski definition) is 0. The van der Waals surface area contributed by atoms with E-state index in [1.54, 1.807) is 0 Å². The molecule has 0 atom stereocenters. The maximum Gasteiger partial charge on any atom is 0.0701 e. The van der Waals surface area contributed by atoms with E-state index in [9.17, 15) is 0 Å². The van der Waals surface area contributed by atoms with Crippen molar-refractivity contribution < 1.29 is 0 Å². The minimum atomic E-state index is -0.358. The molecule has 33 heavy (non-hydrogen) atoms. The molecule has 0 radical (unpaired) electrons. The van der Waals surface area contributed by atoms with Crippen molar-refractivity contribution in [2.24, 2.45) is 0 Å². The van der Waals surface area contributed by atoms with Gasteiger partial charge in [-0.25, -0.2) is 0 Å². The molecule has 0 heterocycles. The van der Waals surface area contributed by atoms with Gasteiger partial charge in [0.25, 0.3) is 0 Å². The summed E-state index contributed by atoms with van der Waals surface area (Å²) in [5.41, 5.74) is 9.92. The average molecular weight is 437 g/mol. The van der Waals surface area contributed by atoms with Crippen LogP contribution in [-0.2, 0) is 5.41 Å². The van der Waals surface area contributed by atoms with E-state index in [-0.39, 0.29) is 5.41 Å². The predicted molar refractivity (Wildman–Crippen MR) is 146 cm³/mol. The number of aryl methyl sites for hydroxylation is 4. The largest absolute Gasteiger partial charge is 0.0701 e. The normalized spacial score (nSPS) is 10.4. The summed E-state index contributed by atoms with van der Waals surface area (Å²) in [6.45, 7) is 16.6.